The number of hydrogen-bond donors (Lipinski definition) is 3. The lowest BCUT2D eigenvalue weighted by Gasteiger charge is -2.21. The van der Waals surface area contributed by atoms with Crippen LogP contribution in [0.2, 0.25) is 0 Å². The molecule has 80 heavy (non-hydrogen) atoms. The van der Waals surface area contributed by atoms with Crippen LogP contribution in [0.25, 0.3) is 0 Å². The Morgan fingerprint density at radius 1 is 0.338 bits per heavy atom. The largest absolute Gasteiger partial charge is 0.472 e. The summed E-state index contributed by atoms with van der Waals surface area (Å²) >= 11 is 0. The van der Waals surface area contributed by atoms with E-state index in [-0.39, 0.29) is 25.7 Å². The Hall–Kier alpha value is -1.94. The zero-order valence-corrected chi connectivity index (χ0v) is 53.0. The van der Waals surface area contributed by atoms with E-state index in [9.17, 15) is 43.2 Å². The first-order valence-corrected chi connectivity index (χ1v) is 35.1. The van der Waals surface area contributed by atoms with Crippen LogP contribution in [-0.4, -0.2) is 96.7 Å². The summed E-state index contributed by atoms with van der Waals surface area (Å²) in [6.45, 7) is 7.09. The first kappa shape index (κ1) is 78.1. The van der Waals surface area contributed by atoms with Gasteiger partial charge in [0.25, 0.3) is 0 Å². The summed E-state index contributed by atoms with van der Waals surface area (Å²) in [6, 6.07) is 0. The number of esters is 4. The summed E-state index contributed by atoms with van der Waals surface area (Å²) in [5.74, 6) is -1.35. The molecule has 2 unspecified atom stereocenters. The number of carbonyl (C=O) groups is 4. The Labute approximate surface area is 486 Å². The quantitative estimate of drug-likeness (QED) is 0.0222. The van der Waals surface area contributed by atoms with Crippen molar-refractivity contribution in [1.29, 1.82) is 0 Å². The molecule has 3 N–H and O–H groups in total. The number of ether oxygens (including phenoxy) is 4. The van der Waals surface area contributed by atoms with Crippen LogP contribution in [0.1, 0.15) is 304 Å². The molecule has 0 bridgehead atoms. The van der Waals surface area contributed by atoms with Gasteiger partial charge in [0.2, 0.25) is 0 Å². The predicted octanol–water partition coefficient (Wildman–Crippen LogP) is 16.6. The summed E-state index contributed by atoms with van der Waals surface area (Å²) in [7, 11) is -9.87. The molecule has 5 atom stereocenters. The number of hydrogen-bond acceptors (Lipinski definition) is 15. The molecule has 0 spiro atoms. The molecule has 0 fully saturated rings. The van der Waals surface area contributed by atoms with Crippen LogP contribution in [0.15, 0.2) is 0 Å². The molecular formula is C61H118O17P2. The lowest BCUT2D eigenvalue weighted by molar-refractivity contribution is -0.161. The summed E-state index contributed by atoms with van der Waals surface area (Å²) in [6.07, 6.45) is 37.9. The van der Waals surface area contributed by atoms with E-state index in [1.165, 1.54) is 96.3 Å². The summed E-state index contributed by atoms with van der Waals surface area (Å²) in [4.78, 5) is 71.7. The van der Waals surface area contributed by atoms with Crippen LogP contribution in [0.5, 0.6) is 0 Å². The molecule has 17 nitrogen and oxygen atoms in total. The zero-order chi connectivity index (χ0) is 59.2. The van der Waals surface area contributed by atoms with E-state index in [0.717, 1.165) is 128 Å². The highest BCUT2D eigenvalue weighted by Crippen LogP contribution is 2.45. The zero-order valence-electron chi connectivity index (χ0n) is 51.2. The van der Waals surface area contributed by atoms with E-state index in [1.807, 2.05) is 0 Å². The first-order valence-electron chi connectivity index (χ1n) is 32.1. The maximum Gasteiger partial charge on any atom is 0.472 e. The van der Waals surface area contributed by atoms with E-state index in [2.05, 4.69) is 34.6 Å². The second-order valence-corrected chi connectivity index (χ2v) is 25.5. The smallest absolute Gasteiger partial charge is 0.462 e. The fraction of sp³-hybridized carbons (Fsp3) is 0.934. The molecule has 0 aromatic carbocycles. The number of aliphatic hydroxyl groups excluding tert-OH is 1. The summed E-state index contributed by atoms with van der Waals surface area (Å²) in [5, 5.41) is 10.5. The fourth-order valence-electron chi connectivity index (χ4n) is 9.05. The lowest BCUT2D eigenvalue weighted by Crippen LogP contribution is -2.30. The Bertz CT molecular complexity index is 1570. The molecule has 0 saturated carbocycles. The van der Waals surface area contributed by atoms with Crippen molar-refractivity contribution in [3.63, 3.8) is 0 Å². The van der Waals surface area contributed by atoms with Crippen LogP contribution in [0.4, 0.5) is 0 Å². The van der Waals surface area contributed by atoms with Gasteiger partial charge in [0.05, 0.1) is 26.4 Å². The fourth-order valence-corrected chi connectivity index (χ4v) is 10.6. The van der Waals surface area contributed by atoms with Crippen molar-refractivity contribution in [3.8, 4) is 0 Å². The second-order valence-electron chi connectivity index (χ2n) is 22.6. The van der Waals surface area contributed by atoms with Gasteiger partial charge in [0.1, 0.15) is 19.3 Å². The highest BCUT2D eigenvalue weighted by molar-refractivity contribution is 7.47. The van der Waals surface area contributed by atoms with Crippen LogP contribution >= 0.6 is 15.6 Å². The van der Waals surface area contributed by atoms with Gasteiger partial charge in [-0.25, -0.2) is 9.13 Å². The minimum atomic E-state index is -4.94. The van der Waals surface area contributed by atoms with Crippen LogP contribution in [-0.2, 0) is 65.4 Å². The molecule has 0 radical (unpaired) electrons. The summed E-state index contributed by atoms with van der Waals surface area (Å²) < 4.78 is 67.6. The van der Waals surface area contributed by atoms with Crippen molar-refractivity contribution in [3.05, 3.63) is 0 Å². The molecule has 0 amide bonds. The maximum absolute atomic E-state index is 12.9. The number of unbranched alkanes of at least 4 members (excludes halogenated alkanes) is 33. The Kier molecular flexibility index (Phi) is 53.6. The lowest BCUT2D eigenvalue weighted by atomic mass is 10.0. The van der Waals surface area contributed by atoms with Crippen molar-refractivity contribution in [2.75, 3.05) is 39.6 Å². The average Bonchev–Trinajstić information content (AvgIpc) is 3.42. The van der Waals surface area contributed by atoms with Crippen LogP contribution < -0.4 is 0 Å². The third-order valence-corrected chi connectivity index (χ3v) is 15.9. The van der Waals surface area contributed by atoms with Gasteiger partial charge in [-0.05, 0) is 31.6 Å². The van der Waals surface area contributed by atoms with E-state index in [1.54, 1.807) is 0 Å². The molecule has 0 aliphatic heterocycles. The van der Waals surface area contributed by atoms with Gasteiger partial charge in [-0.15, -0.1) is 0 Å². The third kappa shape index (κ3) is 55.3. The minimum Gasteiger partial charge on any atom is -0.462 e. The minimum absolute atomic E-state index is 0.103. The Balaban J connectivity index is 5.10. The van der Waals surface area contributed by atoms with Crippen molar-refractivity contribution >= 4 is 39.5 Å². The molecule has 0 saturated heterocycles. The van der Waals surface area contributed by atoms with E-state index >= 15 is 0 Å². The van der Waals surface area contributed by atoms with Crippen LogP contribution in [0, 0.1) is 5.92 Å². The molecule has 0 aromatic heterocycles. The molecule has 0 aromatic rings. The molecule has 19 heteroatoms. The van der Waals surface area contributed by atoms with Crippen molar-refractivity contribution in [2.45, 2.75) is 323 Å². The maximum atomic E-state index is 12.9. The Morgan fingerprint density at radius 3 is 0.850 bits per heavy atom. The number of carbonyl (C=O) groups excluding carboxylic acids is 4. The number of phosphoric ester groups is 2. The van der Waals surface area contributed by atoms with Crippen molar-refractivity contribution in [1.82, 2.24) is 0 Å². The van der Waals surface area contributed by atoms with Gasteiger partial charge in [-0.1, -0.05) is 253 Å². The average molecular weight is 1190 g/mol. The van der Waals surface area contributed by atoms with Crippen molar-refractivity contribution in [2.24, 2.45) is 5.92 Å². The number of rotatable bonds is 61. The Morgan fingerprint density at radius 2 is 0.575 bits per heavy atom. The van der Waals surface area contributed by atoms with Gasteiger partial charge in [-0.2, -0.15) is 0 Å². The van der Waals surface area contributed by atoms with Crippen molar-refractivity contribution < 1.29 is 80.2 Å². The first-order chi connectivity index (χ1) is 38.5. The molecule has 474 valence electrons. The molecule has 0 aliphatic carbocycles. The van der Waals surface area contributed by atoms with Crippen LogP contribution in [0.3, 0.4) is 0 Å². The van der Waals surface area contributed by atoms with E-state index < -0.39 is 97.5 Å². The SMILES string of the molecule is CCCCCCCCCCC(=O)OC[C@H](COP(=O)(O)OC[C@@H](O)COP(=O)(O)OC[C@@H](COC(=O)CCCCCCCCC)OC(=O)CCCCCCCCC)OC(=O)CCCCCCCCCCCCCCCCCC(C)C. The van der Waals surface area contributed by atoms with E-state index in [0.29, 0.717) is 25.7 Å². The molecular weight excluding hydrogens is 1070 g/mol. The summed E-state index contributed by atoms with van der Waals surface area (Å²) in [5.41, 5.74) is 0. The molecule has 0 heterocycles. The highest BCUT2D eigenvalue weighted by Gasteiger charge is 2.30. The van der Waals surface area contributed by atoms with Gasteiger partial charge in [0.15, 0.2) is 12.2 Å². The van der Waals surface area contributed by atoms with Gasteiger partial charge in [-0.3, -0.25) is 37.3 Å². The third-order valence-electron chi connectivity index (χ3n) is 14.0. The number of aliphatic hydroxyl groups is 1. The van der Waals surface area contributed by atoms with Gasteiger partial charge < -0.3 is 33.8 Å². The predicted molar refractivity (Wildman–Crippen MR) is 317 cm³/mol. The van der Waals surface area contributed by atoms with Gasteiger partial charge >= 0.3 is 39.5 Å². The highest BCUT2D eigenvalue weighted by atomic mass is 31.2. The molecule has 0 rings (SSSR count). The van der Waals surface area contributed by atoms with E-state index in [4.69, 9.17) is 37.0 Å². The topological polar surface area (TPSA) is 237 Å². The number of phosphoric acid groups is 2. The normalized spacial score (nSPS) is 14.3. The monoisotopic (exact) mass is 1180 g/mol. The standard InChI is InChI=1S/C61H118O17P2/c1-6-9-12-15-18-31-35-40-45-59(64)72-51-57(78-61(66)47-42-37-32-27-25-23-21-19-20-22-24-26-30-33-38-43-54(4)5)53-76-80(69,70)74-49-55(62)48-73-79(67,68)75-52-56(77-60(65)46-41-36-29-17-14-11-8-3)50-71-58(63)44-39-34-28-16-13-10-7-2/h54-57,62H,6-53H2,1-5H3,(H,67,68)(H,69,70)/t55-,56+,57+/m0/s1. The van der Waals surface area contributed by atoms with Gasteiger partial charge in [0, 0.05) is 25.7 Å². The second kappa shape index (κ2) is 55.0. The molecule has 0 aliphatic rings.